The van der Waals surface area contributed by atoms with Gasteiger partial charge >= 0.3 is 0 Å². The third-order valence-electron chi connectivity index (χ3n) is 3.28. The highest BCUT2D eigenvalue weighted by atomic mass is 16.3. The molecule has 2 rings (SSSR count). The van der Waals surface area contributed by atoms with E-state index in [1.807, 2.05) is 19.1 Å². The van der Waals surface area contributed by atoms with E-state index >= 15 is 0 Å². The van der Waals surface area contributed by atoms with Crippen molar-refractivity contribution in [3.8, 4) is 5.75 Å². The maximum atomic E-state index is 12.0. The summed E-state index contributed by atoms with van der Waals surface area (Å²) in [5.74, 6) is -0.0180. The summed E-state index contributed by atoms with van der Waals surface area (Å²) < 4.78 is 0. The average Bonchev–Trinajstić information content (AvgIpc) is 2.48. The lowest BCUT2D eigenvalue weighted by atomic mass is 10.1. The zero-order valence-corrected chi connectivity index (χ0v) is 11.9. The van der Waals surface area contributed by atoms with Gasteiger partial charge in [0.2, 0.25) is 5.91 Å². The van der Waals surface area contributed by atoms with Gasteiger partial charge in [-0.15, -0.1) is 0 Å². The minimum Gasteiger partial charge on any atom is -0.508 e. The van der Waals surface area contributed by atoms with E-state index in [0.717, 1.165) is 16.8 Å². The highest BCUT2D eigenvalue weighted by Gasteiger charge is 2.14. The number of nitrogens with zero attached hydrogens (tertiary/aromatic N) is 1. The smallest absolute Gasteiger partial charge is 0.237 e. The molecule has 21 heavy (non-hydrogen) atoms. The normalized spacial score (nSPS) is 11.9. The van der Waals surface area contributed by atoms with Crippen molar-refractivity contribution in [2.75, 3.05) is 0 Å². The van der Waals surface area contributed by atoms with Gasteiger partial charge in [-0.1, -0.05) is 18.2 Å². The van der Waals surface area contributed by atoms with Gasteiger partial charge in [-0.3, -0.25) is 9.78 Å². The van der Waals surface area contributed by atoms with Crippen LogP contribution in [0.3, 0.4) is 0 Å². The summed E-state index contributed by atoms with van der Waals surface area (Å²) in [4.78, 5) is 16.2. The number of nitrogens with two attached hydrogens (primary N) is 1. The number of amides is 1. The number of phenols is 1. The Kier molecular flexibility index (Phi) is 4.90. The molecule has 0 spiro atoms. The van der Waals surface area contributed by atoms with E-state index in [-0.39, 0.29) is 11.7 Å². The quantitative estimate of drug-likeness (QED) is 0.772. The van der Waals surface area contributed by atoms with Gasteiger partial charge in [-0.25, -0.2) is 0 Å². The Morgan fingerprint density at radius 3 is 2.71 bits per heavy atom. The van der Waals surface area contributed by atoms with Crippen molar-refractivity contribution in [1.29, 1.82) is 0 Å². The van der Waals surface area contributed by atoms with Gasteiger partial charge in [0.15, 0.2) is 0 Å². The Morgan fingerprint density at radius 2 is 2.05 bits per heavy atom. The van der Waals surface area contributed by atoms with Crippen molar-refractivity contribution < 1.29 is 9.90 Å². The summed E-state index contributed by atoms with van der Waals surface area (Å²) in [6.07, 6.45) is 2.12. The molecule has 0 aliphatic carbocycles. The molecule has 1 aromatic carbocycles. The molecule has 0 fully saturated rings. The van der Waals surface area contributed by atoms with Crippen LogP contribution in [0.4, 0.5) is 0 Å². The van der Waals surface area contributed by atoms with Crippen molar-refractivity contribution in [2.24, 2.45) is 5.73 Å². The van der Waals surface area contributed by atoms with E-state index in [1.165, 1.54) is 0 Å². The number of nitrogens with one attached hydrogen (secondary N) is 1. The molecule has 1 unspecified atom stereocenters. The maximum Gasteiger partial charge on any atom is 0.237 e. The Balaban J connectivity index is 1.88. The summed E-state index contributed by atoms with van der Waals surface area (Å²) in [5.41, 5.74) is 8.67. The molecule has 1 heterocycles. The number of pyridine rings is 1. The van der Waals surface area contributed by atoms with Crippen molar-refractivity contribution >= 4 is 5.91 Å². The molecule has 0 bridgehead atoms. The molecule has 5 nitrogen and oxygen atoms in total. The molecule has 2 aromatic rings. The zero-order chi connectivity index (χ0) is 15.2. The summed E-state index contributed by atoms with van der Waals surface area (Å²) >= 11 is 0. The maximum absolute atomic E-state index is 12.0. The number of hydrogen-bond acceptors (Lipinski definition) is 4. The van der Waals surface area contributed by atoms with Crippen LogP contribution >= 0.6 is 0 Å². The first-order chi connectivity index (χ1) is 10.1. The second-order valence-electron chi connectivity index (χ2n) is 4.96. The zero-order valence-electron chi connectivity index (χ0n) is 11.9. The molecule has 4 N–H and O–H groups in total. The molecule has 0 saturated heterocycles. The highest BCUT2D eigenvalue weighted by Crippen LogP contribution is 2.11. The van der Waals surface area contributed by atoms with E-state index in [2.05, 4.69) is 10.3 Å². The molecule has 110 valence electrons. The average molecular weight is 285 g/mol. The van der Waals surface area contributed by atoms with Crippen LogP contribution < -0.4 is 11.1 Å². The first kappa shape index (κ1) is 15.0. The molecule has 5 heteroatoms. The molecule has 0 saturated carbocycles. The van der Waals surface area contributed by atoms with E-state index in [9.17, 15) is 9.90 Å². The predicted octanol–water partition coefficient (Wildman–Crippen LogP) is 1.28. The number of benzene rings is 1. The number of rotatable bonds is 5. The van der Waals surface area contributed by atoms with Crippen LogP contribution in [-0.2, 0) is 17.8 Å². The first-order valence-corrected chi connectivity index (χ1v) is 6.78. The van der Waals surface area contributed by atoms with Crippen LogP contribution in [-0.4, -0.2) is 22.0 Å². The van der Waals surface area contributed by atoms with Crippen molar-refractivity contribution in [3.05, 3.63) is 59.4 Å². The van der Waals surface area contributed by atoms with Gasteiger partial charge in [0.25, 0.3) is 0 Å². The second-order valence-corrected chi connectivity index (χ2v) is 4.96. The standard InChI is InChI=1S/C16H19N3O2/c1-11-3-2-8-18-15(11)10-19-16(21)14(17)9-12-4-6-13(20)7-5-12/h2-8,14,20H,9-10,17H2,1H3,(H,19,21). The lowest BCUT2D eigenvalue weighted by molar-refractivity contribution is -0.122. The van der Waals surface area contributed by atoms with Crippen LogP contribution in [0.2, 0.25) is 0 Å². The SMILES string of the molecule is Cc1cccnc1CNC(=O)C(N)Cc1ccc(O)cc1. The fourth-order valence-corrected chi connectivity index (χ4v) is 1.98. The number of carbonyl (C=O) groups excluding carboxylic acids is 1. The summed E-state index contributed by atoms with van der Waals surface area (Å²) in [6.45, 7) is 2.32. The molecule has 0 aliphatic heterocycles. The summed E-state index contributed by atoms with van der Waals surface area (Å²) in [7, 11) is 0. The third-order valence-corrected chi connectivity index (χ3v) is 3.28. The number of phenolic OH excluding ortho intramolecular Hbond substituents is 1. The molecule has 0 radical (unpaired) electrons. The van der Waals surface area contributed by atoms with Gasteiger partial charge in [-0.05, 0) is 42.7 Å². The third kappa shape index (κ3) is 4.29. The second kappa shape index (κ2) is 6.85. The van der Waals surface area contributed by atoms with Crippen LogP contribution in [0.25, 0.3) is 0 Å². The minimum atomic E-state index is -0.626. The monoisotopic (exact) mass is 285 g/mol. The van der Waals surface area contributed by atoms with Crippen molar-refractivity contribution in [1.82, 2.24) is 10.3 Å². The van der Waals surface area contributed by atoms with Crippen LogP contribution in [0.1, 0.15) is 16.8 Å². The van der Waals surface area contributed by atoms with Gasteiger partial charge in [0.05, 0.1) is 18.3 Å². The van der Waals surface area contributed by atoms with Crippen LogP contribution in [0.15, 0.2) is 42.6 Å². The Hall–Kier alpha value is -2.40. The Labute approximate surface area is 123 Å². The fourth-order valence-electron chi connectivity index (χ4n) is 1.98. The van der Waals surface area contributed by atoms with Crippen molar-refractivity contribution in [2.45, 2.75) is 25.9 Å². The largest absolute Gasteiger partial charge is 0.508 e. The minimum absolute atomic E-state index is 0.197. The molecular weight excluding hydrogens is 266 g/mol. The van der Waals surface area contributed by atoms with Crippen LogP contribution in [0, 0.1) is 6.92 Å². The number of hydrogen-bond donors (Lipinski definition) is 3. The van der Waals surface area contributed by atoms with E-state index in [0.29, 0.717) is 13.0 Å². The topological polar surface area (TPSA) is 88.2 Å². The number of aromatic nitrogens is 1. The summed E-state index contributed by atoms with van der Waals surface area (Å²) in [5, 5.41) is 12.0. The lowest BCUT2D eigenvalue weighted by Crippen LogP contribution is -2.41. The Morgan fingerprint density at radius 1 is 1.33 bits per heavy atom. The van der Waals surface area contributed by atoms with Crippen LogP contribution in [0.5, 0.6) is 5.75 Å². The molecular formula is C16H19N3O2. The van der Waals surface area contributed by atoms with E-state index in [4.69, 9.17) is 5.73 Å². The fraction of sp³-hybridized carbons (Fsp3) is 0.250. The number of carbonyl (C=O) groups is 1. The van der Waals surface area contributed by atoms with Gasteiger partial charge < -0.3 is 16.2 Å². The van der Waals surface area contributed by atoms with E-state index < -0.39 is 6.04 Å². The van der Waals surface area contributed by atoms with Gasteiger partial charge in [-0.2, -0.15) is 0 Å². The molecule has 1 aromatic heterocycles. The number of aromatic hydroxyl groups is 1. The van der Waals surface area contributed by atoms with Crippen molar-refractivity contribution in [3.63, 3.8) is 0 Å². The lowest BCUT2D eigenvalue weighted by Gasteiger charge is -2.13. The van der Waals surface area contributed by atoms with Gasteiger partial charge in [0, 0.05) is 6.20 Å². The molecule has 0 aliphatic rings. The predicted molar refractivity (Wildman–Crippen MR) is 80.6 cm³/mol. The van der Waals surface area contributed by atoms with Gasteiger partial charge in [0.1, 0.15) is 5.75 Å². The Bertz CT molecular complexity index is 611. The highest BCUT2D eigenvalue weighted by molar-refractivity contribution is 5.81. The van der Waals surface area contributed by atoms with E-state index in [1.54, 1.807) is 30.5 Å². The molecule has 1 atom stereocenters. The number of aryl methyl sites for hydroxylation is 1. The molecule has 1 amide bonds. The summed E-state index contributed by atoms with van der Waals surface area (Å²) in [6, 6.07) is 9.85. The first-order valence-electron chi connectivity index (χ1n) is 6.78.